The maximum Gasteiger partial charge on any atom is 0.166 e. The van der Waals surface area contributed by atoms with Crippen molar-refractivity contribution in [3.8, 4) is 0 Å². The fraction of sp³-hybridized carbons (Fsp3) is 0.0233. The highest BCUT2D eigenvalue weighted by Crippen LogP contribution is 2.37. The topological polar surface area (TPSA) is 73.0 Å². The molecule has 6 aromatic rings. The van der Waals surface area contributed by atoms with Crippen molar-refractivity contribution in [2.45, 2.75) is 5.92 Å². The Morgan fingerprint density at radius 1 is 0.542 bits per heavy atom. The SMILES string of the molecule is O=CC1=C(c2ccccc2)c2ccc([nH]2)C(c2ccccc2)c2ccc([nH]2)/C(c2ccccc2)=C2/C=CC(=N2)C(c2ccccc2)=CN1. The number of hydrogen-bond donors (Lipinski definition) is 3. The normalized spacial score (nSPS) is 17.5. The number of benzene rings is 4. The Hall–Kier alpha value is -6.46. The van der Waals surface area contributed by atoms with Gasteiger partial charge < -0.3 is 15.3 Å². The number of allylic oxidation sites excluding steroid dienone is 4. The van der Waals surface area contributed by atoms with E-state index < -0.39 is 0 Å². The van der Waals surface area contributed by atoms with Gasteiger partial charge in [0.05, 0.1) is 23.0 Å². The average Bonchev–Trinajstić information content (AvgIpc) is 3.93. The van der Waals surface area contributed by atoms with Crippen LogP contribution in [0.5, 0.6) is 0 Å². The first-order chi connectivity index (χ1) is 23.8. The van der Waals surface area contributed by atoms with E-state index >= 15 is 0 Å². The van der Waals surface area contributed by atoms with Crippen LogP contribution < -0.4 is 5.32 Å². The molecule has 1 atom stereocenters. The molecule has 5 nitrogen and oxygen atoms in total. The van der Waals surface area contributed by atoms with Crippen LogP contribution >= 0.6 is 0 Å². The largest absolute Gasteiger partial charge is 0.358 e. The van der Waals surface area contributed by atoms with Gasteiger partial charge in [-0.1, -0.05) is 121 Å². The summed E-state index contributed by atoms with van der Waals surface area (Å²) < 4.78 is 0. The Bertz CT molecular complexity index is 2250. The van der Waals surface area contributed by atoms with Gasteiger partial charge in [-0.05, 0) is 58.7 Å². The van der Waals surface area contributed by atoms with Crippen LogP contribution in [-0.4, -0.2) is 22.0 Å². The molecule has 0 fully saturated rings. The molecule has 0 amide bonds. The molecule has 0 radical (unpaired) electrons. The van der Waals surface area contributed by atoms with Crippen LogP contribution in [0.4, 0.5) is 0 Å². The van der Waals surface area contributed by atoms with Crippen molar-refractivity contribution in [2.75, 3.05) is 0 Å². The molecule has 5 heteroatoms. The van der Waals surface area contributed by atoms with E-state index in [-0.39, 0.29) is 5.92 Å². The van der Waals surface area contributed by atoms with E-state index in [2.05, 4.69) is 106 Å². The number of rotatable bonds is 5. The number of aromatic amines is 2. The van der Waals surface area contributed by atoms with Gasteiger partial charge >= 0.3 is 0 Å². The van der Waals surface area contributed by atoms with E-state index in [0.29, 0.717) is 5.70 Å². The third-order valence-electron chi connectivity index (χ3n) is 8.85. The lowest BCUT2D eigenvalue weighted by atomic mass is 9.93. The third kappa shape index (κ3) is 5.48. The molecule has 2 aliphatic rings. The Labute approximate surface area is 279 Å². The quantitative estimate of drug-likeness (QED) is 0.169. The standard InChI is InChI=1S/C43H32N4O/c48-28-40-43(32-19-11-4-12-20-32)39-26-25-38(47-39)42(31-17-9-3-10-18-31)37-24-23-36(46-37)41(30-15-7-2-8-16-30)35-22-21-34(45-35)33(27-44-40)29-13-5-1-6-14-29/h1-28,42,44,46-47H/b33-27?,41-35-,43-40?. The molecular formula is C43H32N4O. The summed E-state index contributed by atoms with van der Waals surface area (Å²) in [5.41, 5.74) is 12.7. The maximum absolute atomic E-state index is 13.0. The number of carbonyl (C=O) groups excluding carboxylic acids is 1. The van der Waals surface area contributed by atoms with Gasteiger partial charge in [0, 0.05) is 45.7 Å². The number of aliphatic imine (C=N–C) groups is 1. The lowest BCUT2D eigenvalue weighted by Gasteiger charge is -2.17. The van der Waals surface area contributed by atoms with Gasteiger partial charge in [-0.2, -0.15) is 0 Å². The van der Waals surface area contributed by atoms with Crippen LogP contribution in [-0.2, 0) is 4.79 Å². The maximum atomic E-state index is 13.0. The number of hydrogen-bond acceptors (Lipinski definition) is 3. The fourth-order valence-corrected chi connectivity index (χ4v) is 6.62. The van der Waals surface area contributed by atoms with Crippen LogP contribution in [0.15, 0.2) is 180 Å². The van der Waals surface area contributed by atoms with Crippen molar-refractivity contribution in [3.63, 3.8) is 0 Å². The van der Waals surface area contributed by atoms with Gasteiger partial charge in [-0.15, -0.1) is 0 Å². The second kappa shape index (κ2) is 12.7. The molecule has 4 heterocycles. The van der Waals surface area contributed by atoms with Gasteiger partial charge in [0.1, 0.15) is 0 Å². The first kappa shape index (κ1) is 29.0. The Kier molecular flexibility index (Phi) is 7.69. The lowest BCUT2D eigenvalue weighted by molar-refractivity contribution is -0.105. The van der Waals surface area contributed by atoms with E-state index in [9.17, 15) is 4.79 Å². The summed E-state index contributed by atoms with van der Waals surface area (Å²) >= 11 is 0. The Morgan fingerprint density at radius 2 is 1.06 bits per heavy atom. The van der Waals surface area contributed by atoms with Crippen molar-refractivity contribution in [1.82, 2.24) is 15.3 Å². The number of fused-ring (bicyclic) bond motifs is 5. The molecule has 2 aromatic heterocycles. The predicted molar refractivity (Wildman–Crippen MR) is 194 cm³/mol. The number of nitrogens with one attached hydrogen (secondary N) is 3. The summed E-state index contributed by atoms with van der Waals surface area (Å²) in [6, 6.07) is 49.5. The van der Waals surface area contributed by atoms with E-state index in [0.717, 1.165) is 79.4 Å². The van der Waals surface area contributed by atoms with Crippen molar-refractivity contribution in [2.24, 2.45) is 4.99 Å². The first-order valence-corrected chi connectivity index (χ1v) is 16.0. The minimum absolute atomic E-state index is 0.115. The van der Waals surface area contributed by atoms with Crippen LogP contribution in [0.3, 0.4) is 0 Å². The van der Waals surface area contributed by atoms with Crippen molar-refractivity contribution < 1.29 is 4.79 Å². The zero-order valence-electron chi connectivity index (χ0n) is 26.1. The number of nitrogens with zero attached hydrogens (tertiary/aromatic N) is 1. The van der Waals surface area contributed by atoms with Crippen LogP contribution in [0.1, 0.15) is 50.9 Å². The van der Waals surface area contributed by atoms with Gasteiger partial charge in [0.15, 0.2) is 6.29 Å². The third-order valence-corrected chi connectivity index (χ3v) is 8.85. The smallest absolute Gasteiger partial charge is 0.166 e. The second-order valence-electron chi connectivity index (χ2n) is 11.8. The van der Waals surface area contributed by atoms with Crippen LogP contribution in [0.25, 0.3) is 16.7 Å². The highest BCUT2D eigenvalue weighted by molar-refractivity contribution is 6.31. The van der Waals surface area contributed by atoms with Crippen LogP contribution in [0, 0.1) is 0 Å². The molecular weight excluding hydrogens is 589 g/mol. The van der Waals surface area contributed by atoms with Gasteiger partial charge in [-0.3, -0.25) is 4.79 Å². The van der Waals surface area contributed by atoms with Gasteiger partial charge in [0.25, 0.3) is 0 Å². The summed E-state index contributed by atoms with van der Waals surface area (Å²) in [5, 5.41) is 3.41. The second-order valence-corrected chi connectivity index (χ2v) is 11.8. The summed E-state index contributed by atoms with van der Waals surface area (Å²) in [7, 11) is 0. The molecule has 230 valence electrons. The molecule has 4 aromatic carbocycles. The number of aldehydes is 1. The molecule has 0 saturated heterocycles. The molecule has 1 unspecified atom stereocenters. The average molecular weight is 621 g/mol. The van der Waals surface area contributed by atoms with Crippen molar-refractivity contribution >= 4 is 28.7 Å². The highest BCUT2D eigenvalue weighted by atomic mass is 16.1. The van der Waals surface area contributed by atoms with Gasteiger partial charge in [-0.25, -0.2) is 4.99 Å². The number of carbonyl (C=O) groups is 1. The molecule has 3 N–H and O–H groups in total. The van der Waals surface area contributed by atoms with E-state index in [1.54, 1.807) is 0 Å². The summed E-state index contributed by atoms with van der Waals surface area (Å²) in [6.07, 6.45) is 6.91. The molecule has 2 aliphatic heterocycles. The van der Waals surface area contributed by atoms with E-state index in [4.69, 9.17) is 4.99 Å². The molecule has 0 spiro atoms. The van der Waals surface area contributed by atoms with Gasteiger partial charge in [0.2, 0.25) is 0 Å². The highest BCUT2D eigenvalue weighted by Gasteiger charge is 2.25. The zero-order valence-corrected chi connectivity index (χ0v) is 26.1. The predicted octanol–water partition coefficient (Wildman–Crippen LogP) is 8.90. The Morgan fingerprint density at radius 3 is 1.65 bits per heavy atom. The number of H-pyrrole nitrogens is 2. The molecule has 0 aliphatic carbocycles. The minimum Gasteiger partial charge on any atom is -0.358 e. The summed E-state index contributed by atoms with van der Waals surface area (Å²) in [4.78, 5) is 25.7. The minimum atomic E-state index is -0.115. The van der Waals surface area contributed by atoms with Crippen molar-refractivity contribution in [1.29, 1.82) is 0 Å². The molecule has 6 bridgehead atoms. The molecule has 8 rings (SSSR count). The summed E-state index contributed by atoms with van der Waals surface area (Å²) in [5.74, 6) is -0.115. The Balaban J connectivity index is 1.42. The zero-order chi connectivity index (χ0) is 32.3. The molecule has 0 saturated carbocycles. The molecule has 48 heavy (non-hydrogen) atoms. The first-order valence-electron chi connectivity index (χ1n) is 16.0. The fourth-order valence-electron chi connectivity index (χ4n) is 6.62. The van der Waals surface area contributed by atoms with E-state index in [1.807, 2.05) is 72.9 Å². The van der Waals surface area contributed by atoms with Crippen molar-refractivity contribution in [3.05, 3.63) is 220 Å². The lowest BCUT2D eigenvalue weighted by Crippen LogP contribution is -2.13. The number of aromatic nitrogens is 2. The van der Waals surface area contributed by atoms with E-state index in [1.165, 1.54) is 0 Å². The van der Waals surface area contributed by atoms with Crippen LogP contribution in [0.2, 0.25) is 0 Å². The monoisotopic (exact) mass is 620 g/mol. The summed E-state index contributed by atoms with van der Waals surface area (Å²) in [6.45, 7) is 0.